The van der Waals surface area contributed by atoms with Crippen molar-refractivity contribution in [3.63, 3.8) is 0 Å². The van der Waals surface area contributed by atoms with Gasteiger partial charge in [0, 0.05) is 19.6 Å². The predicted octanol–water partition coefficient (Wildman–Crippen LogP) is 2.37. The van der Waals surface area contributed by atoms with E-state index in [-0.39, 0.29) is 5.91 Å². The molecular formula is C16H28N4O. The van der Waals surface area contributed by atoms with E-state index < -0.39 is 0 Å². The molecule has 2 N–H and O–H groups in total. The number of aromatic nitrogens is 1. The topological polar surface area (TPSA) is 57.3 Å². The van der Waals surface area contributed by atoms with Crippen LogP contribution >= 0.6 is 0 Å². The summed E-state index contributed by atoms with van der Waals surface area (Å²) in [6.45, 7) is 10.9. The van der Waals surface area contributed by atoms with Gasteiger partial charge in [-0.1, -0.05) is 26.8 Å². The maximum Gasteiger partial charge on any atom is 0.270 e. The Morgan fingerprint density at radius 3 is 2.62 bits per heavy atom. The number of hydrogen-bond donors (Lipinski definition) is 2. The van der Waals surface area contributed by atoms with Crippen LogP contribution in [0.2, 0.25) is 0 Å². The molecule has 0 saturated heterocycles. The van der Waals surface area contributed by atoms with Gasteiger partial charge in [0.15, 0.2) is 0 Å². The minimum Gasteiger partial charge on any atom is -0.370 e. The SMILES string of the molecule is CCCNc1cccc(C(=O)NCCN(CC)CCC)n1. The third-order valence-electron chi connectivity index (χ3n) is 3.24. The van der Waals surface area contributed by atoms with Crippen LogP contribution in [0.3, 0.4) is 0 Å². The number of carbonyl (C=O) groups is 1. The predicted molar refractivity (Wildman–Crippen MR) is 87.8 cm³/mol. The second kappa shape index (κ2) is 10.2. The lowest BCUT2D eigenvalue weighted by Gasteiger charge is -2.19. The van der Waals surface area contributed by atoms with Gasteiger partial charge in [-0.05, 0) is 38.1 Å². The smallest absolute Gasteiger partial charge is 0.270 e. The number of likely N-dealkylation sites (N-methyl/N-ethyl adjacent to an activating group) is 1. The Labute approximate surface area is 128 Å². The van der Waals surface area contributed by atoms with Crippen molar-refractivity contribution in [1.29, 1.82) is 0 Å². The van der Waals surface area contributed by atoms with Crippen molar-refractivity contribution in [3.05, 3.63) is 23.9 Å². The fourth-order valence-electron chi connectivity index (χ4n) is 2.08. The monoisotopic (exact) mass is 292 g/mol. The van der Waals surface area contributed by atoms with E-state index in [1.807, 2.05) is 12.1 Å². The Balaban J connectivity index is 2.44. The van der Waals surface area contributed by atoms with Crippen molar-refractivity contribution in [2.45, 2.75) is 33.6 Å². The lowest BCUT2D eigenvalue weighted by Crippen LogP contribution is -2.35. The summed E-state index contributed by atoms with van der Waals surface area (Å²) in [6, 6.07) is 5.48. The Morgan fingerprint density at radius 1 is 1.14 bits per heavy atom. The number of nitrogens with zero attached hydrogens (tertiary/aromatic N) is 2. The molecule has 0 spiro atoms. The van der Waals surface area contributed by atoms with E-state index in [1.54, 1.807) is 6.07 Å². The Bertz CT molecular complexity index is 422. The number of anilines is 1. The van der Waals surface area contributed by atoms with Crippen LogP contribution in [0.4, 0.5) is 5.82 Å². The summed E-state index contributed by atoms with van der Waals surface area (Å²) in [6.07, 6.45) is 2.16. The van der Waals surface area contributed by atoms with Crippen molar-refractivity contribution in [2.75, 3.05) is 38.0 Å². The van der Waals surface area contributed by atoms with E-state index in [4.69, 9.17) is 0 Å². The third-order valence-corrected chi connectivity index (χ3v) is 3.24. The molecule has 1 amide bonds. The summed E-state index contributed by atoms with van der Waals surface area (Å²) in [5, 5.41) is 6.13. The van der Waals surface area contributed by atoms with Gasteiger partial charge in [0.25, 0.3) is 5.91 Å². The van der Waals surface area contributed by atoms with Crippen molar-refractivity contribution in [1.82, 2.24) is 15.2 Å². The van der Waals surface area contributed by atoms with Gasteiger partial charge in [0.05, 0.1) is 0 Å². The fraction of sp³-hybridized carbons (Fsp3) is 0.625. The van der Waals surface area contributed by atoms with Crippen LogP contribution in [-0.4, -0.2) is 48.5 Å². The molecule has 0 atom stereocenters. The van der Waals surface area contributed by atoms with E-state index >= 15 is 0 Å². The average molecular weight is 292 g/mol. The molecule has 1 heterocycles. The summed E-state index contributed by atoms with van der Waals surface area (Å²) >= 11 is 0. The molecule has 1 rings (SSSR count). The minimum atomic E-state index is -0.109. The summed E-state index contributed by atoms with van der Waals surface area (Å²) in [4.78, 5) is 18.7. The number of rotatable bonds is 10. The van der Waals surface area contributed by atoms with E-state index in [1.165, 1.54) is 0 Å². The minimum absolute atomic E-state index is 0.109. The number of carbonyl (C=O) groups excluding carboxylic acids is 1. The molecule has 0 saturated carbocycles. The molecule has 0 aliphatic rings. The molecule has 0 aliphatic heterocycles. The fourth-order valence-corrected chi connectivity index (χ4v) is 2.08. The Morgan fingerprint density at radius 2 is 1.95 bits per heavy atom. The van der Waals surface area contributed by atoms with Gasteiger partial charge < -0.3 is 15.5 Å². The highest BCUT2D eigenvalue weighted by molar-refractivity contribution is 5.92. The lowest BCUT2D eigenvalue weighted by atomic mass is 10.3. The molecule has 5 heteroatoms. The zero-order valence-corrected chi connectivity index (χ0v) is 13.5. The maximum absolute atomic E-state index is 12.1. The van der Waals surface area contributed by atoms with Gasteiger partial charge in [0.2, 0.25) is 0 Å². The van der Waals surface area contributed by atoms with Crippen LogP contribution < -0.4 is 10.6 Å². The highest BCUT2D eigenvalue weighted by Gasteiger charge is 2.08. The Kier molecular flexibility index (Phi) is 8.43. The molecule has 0 fully saturated rings. The summed E-state index contributed by atoms with van der Waals surface area (Å²) in [5.41, 5.74) is 0.467. The standard InChI is InChI=1S/C16H28N4O/c1-4-10-17-15-9-7-8-14(19-15)16(21)18-11-13-20(6-3)12-5-2/h7-9H,4-6,10-13H2,1-3H3,(H,17,19)(H,18,21). The molecule has 21 heavy (non-hydrogen) atoms. The van der Waals surface area contributed by atoms with Crippen LogP contribution in [0.15, 0.2) is 18.2 Å². The molecule has 0 aliphatic carbocycles. The summed E-state index contributed by atoms with van der Waals surface area (Å²) in [5.74, 6) is 0.647. The van der Waals surface area contributed by atoms with Crippen molar-refractivity contribution in [3.8, 4) is 0 Å². The largest absolute Gasteiger partial charge is 0.370 e. The van der Waals surface area contributed by atoms with Gasteiger partial charge in [-0.15, -0.1) is 0 Å². The first-order chi connectivity index (χ1) is 10.2. The number of hydrogen-bond acceptors (Lipinski definition) is 4. The summed E-state index contributed by atoms with van der Waals surface area (Å²) in [7, 11) is 0. The summed E-state index contributed by atoms with van der Waals surface area (Å²) < 4.78 is 0. The first-order valence-electron chi connectivity index (χ1n) is 7.92. The van der Waals surface area contributed by atoms with Crippen LogP contribution in [-0.2, 0) is 0 Å². The molecule has 1 aromatic rings. The van der Waals surface area contributed by atoms with E-state index in [0.717, 1.165) is 44.8 Å². The first-order valence-corrected chi connectivity index (χ1v) is 7.92. The van der Waals surface area contributed by atoms with Gasteiger partial charge in [-0.3, -0.25) is 4.79 Å². The van der Waals surface area contributed by atoms with Crippen LogP contribution in [0.25, 0.3) is 0 Å². The van der Waals surface area contributed by atoms with Gasteiger partial charge >= 0.3 is 0 Å². The molecule has 5 nitrogen and oxygen atoms in total. The number of pyridine rings is 1. The second-order valence-corrected chi connectivity index (χ2v) is 5.03. The van der Waals surface area contributed by atoms with Gasteiger partial charge in [-0.25, -0.2) is 4.98 Å². The van der Waals surface area contributed by atoms with E-state index in [2.05, 4.69) is 41.3 Å². The number of amides is 1. The molecule has 0 unspecified atom stereocenters. The van der Waals surface area contributed by atoms with Gasteiger partial charge in [0.1, 0.15) is 11.5 Å². The van der Waals surface area contributed by atoms with Crippen LogP contribution in [0.1, 0.15) is 44.1 Å². The normalized spacial score (nSPS) is 10.7. The molecular weight excluding hydrogens is 264 g/mol. The highest BCUT2D eigenvalue weighted by atomic mass is 16.1. The molecule has 0 radical (unpaired) electrons. The first kappa shape index (κ1) is 17.4. The van der Waals surface area contributed by atoms with Crippen LogP contribution in [0, 0.1) is 0 Å². The lowest BCUT2D eigenvalue weighted by molar-refractivity contribution is 0.0944. The van der Waals surface area contributed by atoms with Crippen molar-refractivity contribution >= 4 is 11.7 Å². The quantitative estimate of drug-likeness (QED) is 0.695. The highest BCUT2D eigenvalue weighted by Crippen LogP contribution is 2.04. The third kappa shape index (κ3) is 6.58. The zero-order chi connectivity index (χ0) is 15.5. The van der Waals surface area contributed by atoms with E-state index in [0.29, 0.717) is 12.2 Å². The molecule has 0 bridgehead atoms. The number of nitrogens with one attached hydrogen (secondary N) is 2. The molecule has 1 aromatic heterocycles. The van der Waals surface area contributed by atoms with Crippen LogP contribution in [0.5, 0.6) is 0 Å². The van der Waals surface area contributed by atoms with E-state index in [9.17, 15) is 4.79 Å². The molecule has 0 aromatic carbocycles. The Hall–Kier alpha value is -1.62. The average Bonchev–Trinajstić information content (AvgIpc) is 2.52. The second-order valence-electron chi connectivity index (χ2n) is 5.03. The maximum atomic E-state index is 12.1. The van der Waals surface area contributed by atoms with Crippen molar-refractivity contribution < 1.29 is 4.79 Å². The van der Waals surface area contributed by atoms with Crippen molar-refractivity contribution in [2.24, 2.45) is 0 Å². The zero-order valence-electron chi connectivity index (χ0n) is 13.5. The van der Waals surface area contributed by atoms with Gasteiger partial charge in [-0.2, -0.15) is 0 Å². The molecule has 118 valence electrons.